The number of ether oxygens (including phenoxy) is 1. The second-order valence-electron chi connectivity index (χ2n) is 4.96. The summed E-state index contributed by atoms with van der Waals surface area (Å²) < 4.78 is 27.8. The fourth-order valence-corrected chi connectivity index (χ4v) is 2.92. The van der Waals surface area contributed by atoms with Crippen LogP contribution in [-0.2, 0) is 14.6 Å². The monoisotopic (exact) mass is 385 g/mol. The standard InChI is InChI=1S/C16H16ClNO4S2/c1-24(20,21)10-8-22-15-6-4-12(17)11-14(15)18-16(19)7-5-13-3-2-9-23-13/h2-7,9,11H,8,10H2,1H3,(H,18,19)/b7-5-. The highest BCUT2D eigenvalue weighted by Gasteiger charge is 2.09. The molecule has 1 aromatic heterocycles. The van der Waals surface area contributed by atoms with Crippen molar-refractivity contribution in [2.75, 3.05) is 23.9 Å². The molecule has 5 nitrogen and oxygen atoms in total. The molecule has 2 rings (SSSR count). The average molecular weight is 386 g/mol. The van der Waals surface area contributed by atoms with Crippen LogP contribution < -0.4 is 10.1 Å². The maximum absolute atomic E-state index is 12.0. The van der Waals surface area contributed by atoms with Crippen molar-refractivity contribution in [1.29, 1.82) is 0 Å². The summed E-state index contributed by atoms with van der Waals surface area (Å²) in [6.45, 7) is -0.00558. The lowest BCUT2D eigenvalue weighted by Gasteiger charge is -2.12. The quantitative estimate of drug-likeness (QED) is 0.740. The van der Waals surface area contributed by atoms with Gasteiger partial charge in [0.2, 0.25) is 5.91 Å². The SMILES string of the molecule is CS(=O)(=O)CCOc1ccc(Cl)cc1NC(=O)/C=C\c1cccs1. The van der Waals surface area contributed by atoms with Gasteiger partial charge in [-0.3, -0.25) is 4.79 Å². The van der Waals surface area contributed by atoms with Crippen molar-refractivity contribution < 1.29 is 17.9 Å². The van der Waals surface area contributed by atoms with E-state index in [0.29, 0.717) is 16.5 Å². The Labute approximate surface area is 149 Å². The maximum atomic E-state index is 12.0. The van der Waals surface area contributed by atoms with E-state index in [2.05, 4.69) is 5.32 Å². The predicted octanol–water partition coefficient (Wildman–Crippen LogP) is 3.48. The van der Waals surface area contributed by atoms with Crippen molar-refractivity contribution in [2.45, 2.75) is 0 Å². The molecule has 1 aromatic carbocycles. The van der Waals surface area contributed by atoms with Gasteiger partial charge in [-0.2, -0.15) is 0 Å². The third kappa shape index (κ3) is 6.35. The predicted molar refractivity (Wildman–Crippen MR) is 98.6 cm³/mol. The Hall–Kier alpha value is -1.83. The number of thiophene rings is 1. The van der Waals surface area contributed by atoms with Crippen molar-refractivity contribution in [3.63, 3.8) is 0 Å². The number of rotatable bonds is 7. The summed E-state index contributed by atoms with van der Waals surface area (Å²) >= 11 is 7.47. The molecule has 0 atom stereocenters. The topological polar surface area (TPSA) is 72.5 Å². The zero-order chi connectivity index (χ0) is 17.6. The zero-order valence-electron chi connectivity index (χ0n) is 12.9. The number of halogens is 1. The number of amides is 1. The lowest BCUT2D eigenvalue weighted by atomic mass is 10.3. The molecule has 0 saturated carbocycles. The van der Waals surface area contributed by atoms with Crippen LogP contribution in [0.1, 0.15) is 4.88 Å². The highest BCUT2D eigenvalue weighted by molar-refractivity contribution is 7.90. The third-order valence-corrected chi connectivity index (χ3v) is 4.83. The minimum absolute atomic E-state index is 0.00558. The van der Waals surface area contributed by atoms with Gasteiger partial charge in [0.05, 0.1) is 11.4 Å². The number of hydrogen-bond acceptors (Lipinski definition) is 5. The molecule has 0 spiro atoms. The minimum Gasteiger partial charge on any atom is -0.490 e. The fourth-order valence-electron chi connectivity index (χ4n) is 1.75. The van der Waals surface area contributed by atoms with Crippen LogP contribution in [0.3, 0.4) is 0 Å². The lowest BCUT2D eigenvalue weighted by Crippen LogP contribution is -2.14. The van der Waals surface area contributed by atoms with Gasteiger partial charge in [0.25, 0.3) is 0 Å². The molecular weight excluding hydrogens is 370 g/mol. The Morgan fingerprint density at radius 3 is 2.83 bits per heavy atom. The van der Waals surface area contributed by atoms with E-state index in [1.807, 2.05) is 17.5 Å². The molecule has 0 unspecified atom stereocenters. The summed E-state index contributed by atoms with van der Waals surface area (Å²) in [5.41, 5.74) is 0.386. The van der Waals surface area contributed by atoms with Crippen LogP contribution >= 0.6 is 22.9 Å². The fraction of sp³-hybridized carbons (Fsp3) is 0.188. The molecule has 1 amide bonds. The second-order valence-corrected chi connectivity index (χ2v) is 8.63. The van der Waals surface area contributed by atoms with E-state index in [0.717, 1.165) is 11.1 Å². The minimum atomic E-state index is -3.12. The largest absolute Gasteiger partial charge is 0.490 e. The van der Waals surface area contributed by atoms with E-state index in [9.17, 15) is 13.2 Å². The van der Waals surface area contributed by atoms with Crippen LogP contribution in [0.5, 0.6) is 5.75 Å². The molecule has 0 saturated heterocycles. The second kappa shape index (κ2) is 8.32. The molecule has 2 aromatic rings. The number of anilines is 1. The summed E-state index contributed by atoms with van der Waals surface area (Å²) in [5.74, 6) is -0.0825. The first kappa shape index (κ1) is 18.5. The molecule has 1 N–H and O–H groups in total. The number of carbonyl (C=O) groups excluding carboxylic acids is 1. The van der Waals surface area contributed by atoms with Gasteiger partial charge in [-0.05, 0) is 35.7 Å². The van der Waals surface area contributed by atoms with Crippen molar-refractivity contribution in [2.24, 2.45) is 0 Å². The number of carbonyl (C=O) groups is 1. The summed E-state index contributed by atoms with van der Waals surface area (Å²) in [7, 11) is -3.12. The number of sulfone groups is 1. The molecule has 8 heteroatoms. The van der Waals surface area contributed by atoms with Crippen molar-refractivity contribution in [3.8, 4) is 5.75 Å². The number of hydrogen-bond donors (Lipinski definition) is 1. The van der Waals surface area contributed by atoms with Crippen LogP contribution in [0.2, 0.25) is 5.02 Å². The third-order valence-electron chi connectivity index (χ3n) is 2.85. The van der Waals surface area contributed by atoms with Crippen molar-refractivity contribution >= 4 is 50.4 Å². The average Bonchev–Trinajstić information content (AvgIpc) is 2.99. The first-order valence-corrected chi connectivity index (χ1v) is 10.3. The Bertz CT molecular complexity index is 830. The first-order valence-electron chi connectivity index (χ1n) is 6.96. The lowest BCUT2D eigenvalue weighted by molar-refractivity contribution is -0.111. The van der Waals surface area contributed by atoms with Crippen LogP contribution in [0.4, 0.5) is 5.69 Å². The summed E-state index contributed by atoms with van der Waals surface area (Å²) in [6, 6.07) is 8.53. The zero-order valence-corrected chi connectivity index (χ0v) is 15.2. The molecule has 0 radical (unpaired) electrons. The van der Waals surface area contributed by atoms with Crippen molar-refractivity contribution in [1.82, 2.24) is 0 Å². The van der Waals surface area contributed by atoms with E-state index in [1.54, 1.807) is 24.3 Å². The number of benzene rings is 1. The summed E-state index contributed by atoms with van der Waals surface area (Å²) in [5, 5.41) is 5.03. The summed E-state index contributed by atoms with van der Waals surface area (Å²) in [4.78, 5) is 13.0. The Morgan fingerprint density at radius 2 is 2.17 bits per heavy atom. The van der Waals surface area contributed by atoms with Gasteiger partial charge < -0.3 is 10.1 Å². The van der Waals surface area contributed by atoms with Crippen LogP contribution in [0.25, 0.3) is 6.08 Å². The summed E-state index contributed by atoms with van der Waals surface area (Å²) in [6.07, 6.45) is 4.25. The smallest absolute Gasteiger partial charge is 0.248 e. The Kier molecular flexibility index (Phi) is 6.42. The van der Waals surface area contributed by atoms with E-state index < -0.39 is 9.84 Å². The molecular formula is C16H16ClNO4S2. The van der Waals surface area contributed by atoms with Gasteiger partial charge in [0, 0.05) is 22.2 Å². The highest BCUT2D eigenvalue weighted by Crippen LogP contribution is 2.28. The molecule has 0 aliphatic heterocycles. The van der Waals surface area contributed by atoms with Crippen LogP contribution in [-0.4, -0.2) is 32.9 Å². The van der Waals surface area contributed by atoms with Crippen LogP contribution in [0, 0.1) is 0 Å². The van der Waals surface area contributed by atoms with E-state index in [1.165, 1.54) is 17.4 Å². The normalized spacial score (nSPS) is 11.6. The van der Waals surface area contributed by atoms with Gasteiger partial charge >= 0.3 is 0 Å². The molecule has 0 aliphatic carbocycles. The Morgan fingerprint density at radius 1 is 1.38 bits per heavy atom. The van der Waals surface area contributed by atoms with Gasteiger partial charge in [-0.1, -0.05) is 17.7 Å². The van der Waals surface area contributed by atoms with Gasteiger partial charge in [0.1, 0.15) is 12.4 Å². The van der Waals surface area contributed by atoms with Gasteiger partial charge in [-0.15, -0.1) is 11.3 Å². The number of nitrogens with one attached hydrogen (secondary N) is 1. The molecule has 0 fully saturated rings. The first-order chi connectivity index (χ1) is 11.3. The van der Waals surface area contributed by atoms with Crippen LogP contribution in [0.15, 0.2) is 41.8 Å². The maximum Gasteiger partial charge on any atom is 0.248 e. The molecule has 0 bridgehead atoms. The van der Waals surface area contributed by atoms with Gasteiger partial charge in [0.15, 0.2) is 9.84 Å². The molecule has 0 aliphatic rings. The van der Waals surface area contributed by atoms with E-state index >= 15 is 0 Å². The van der Waals surface area contributed by atoms with E-state index in [-0.39, 0.29) is 18.3 Å². The Balaban J connectivity index is 2.05. The van der Waals surface area contributed by atoms with E-state index in [4.69, 9.17) is 16.3 Å². The molecule has 24 heavy (non-hydrogen) atoms. The highest BCUT2D eigenvalue weighted by atomic mass is 35.5. The van der Waals surface area contributed by atoms with Crippen molar-refractivity contribution in [3.05, 3.63) is 51.7 Å². The molecule has 128 valence electrons. The van der Waals surface area contributed by atoms with Gasteiger partial charge in [-0.25, -0.2) is 8.42 Å². The molecule has 1 heterocycles.